The van der Waals surface area contributed by atoms with Crippen molar-refractivity contribution in [2.45, 2.75) is 25.9 Å². The van der Waals surface area contributed by atoms with Crippen LogP contribution in [0.15, 0.2) is 28.7 Å². The highest BCUT2D eigenvalue weighted by Crippen LogP contribution is 2.21. The highest BCUT2D eigenvalue weighted by molar-refractivity contribution is 9.10. The van der Waals surface area contributed by atoms with Crippen LogP contribution in [-0.4, -0.2) is 35.1 Å². The Labute approximate surface area is 116 Å². The third-order valence-corrected chi connectivity index (χ3v) is 4.05. The first-order chi connectivity index (χ1) is 8.58. The average Bonchev–Trinajstić information content (AvgIpc) is 2.39. The van der Waals surface area contributed by atoms with E-state index in [4.69, 9.17) is 0 Å². The molecule has 0 radical (unpaired) electrons. The van der Waals surface area contributed by atoms with Crippen LogP contribution in [0.3, 0.4) is 0 Å². The first kappa shape index (κ1) is 13.6. The summed E-state index contributed by atoms with van der Waals surface area (Å²) in [6, 6.07) is 7.42. The number of carbonyl (C=O) groups excluding carboxylic acids is 1. The van der Waals surface area contributed by atoms with Crippen molar-refractivity contribution < 1.29 is 9.90 Å². The minimum absolute atomic E-state index is 0.0628. The Morgan fingerprint density at radius 2 is 2.11 bits per heavy atom. The molecular weight excluding hydrogens is 294 g/mol. The van der Waals surface area contributed by atoms with E-state index < -0.39 is 0 Å². The number of likely N-dealkylation sites (tertiary alicyclic amines) is 1. The topological polar surface area (TPSA) is 40.5 Å². The van der Waals surface area contributed by atoms with E-state index in [1.54, 1.807) is 6.92 Å². The van der Waals surface area contributed by atoms with Gasteiger partial charge in [0.05, 0.1) is 6.10 Å². The number of hydrogen-bond acceptors (Lipinski definition) is 2. The summed E-state index contributed by atoms with van der Waals surface area (Å²) in [7, 11) is 0. The van der Waals surface area contributed by atoms with Crippen LogP contribution in [0.2, 0.25) is 0 Å². The van der Waals surface area contributed by atoms with Gasteiger partial charge >= 0.3 is 0 Å². The van der Waals surface area contributed by atoms with Crippen LogP contribution in [0.1, 0.15) is 30.1 Å². The van der Waals surface area contributed by atoms with Crippen LogP contribution in [0.25, 0.3) is 0 Å². The van der Waals surface area contributed by atoms with Gasteiger partial charge < -0.3 is 10.0 Å². The molecule has 1 aromatic carbocycles. The molecule has 0 aliphatic carbocycles. The summed E-state index contributed by atoms with van der Waals surface area (Å²) in [5, 5.41) is 9.64. The number of nitrogens with zero attached hydrogens (tertiary/aromatic N) is 1. The molecule has 1 aromatic rings. The number of amides is 1. The zero-order valence-corrected chi connectivity index (χ0v) is 12.1. The molecule has 18 heavy (non-hydrogen) atoms. The number of aliphatic hydroxyl groups is 1. The van der Waals surface area contributed by atoms with E-state index in [1.807, 2.05) is 29.2 Å². The lowest BCUT2D eigenvalue weighted by Gasteiger charge is -2.34. The van der Waals surface area contributed by atoms with Crippen LogP contribution in [0.4, 0.5) is 0 Å². The van der Waals surface area contributed by atoms with Gasteiger partial charge in [-0.3, -0.25) is 4.79 Å². The van der Waals surface area contributed by atoms with Crippen molar-refractivity contribution in [1.29, 1.82) is 0 Å². The van der Waals surface area contributed by atoms with Gasteiger partial charge in [0.15, 0.2) is 0 Å². The molecule has 3 nitrogen and oxygen atoms in total. The van der Waals surface area contributed by atoms with E-state index in [9.17, 15) is 9.90 Å². The number of rotatable bonds is 2. The molecule has 2 atom stereocenters. The maximum absolute atomic E-state index is 12.3. The lowest BCUT2D eigenvalue weighted by Crippen LogP contribution is -2.42. The average molecular weight is 312 g/mol. The Morgan fingerprint density at radius 1 is 1.44 bits per heavy atom. The lowest BCUT2D eigenvalue weighted by molar-refractivity contribution is 0.0466. The summed E-state index contributed by atoms with van der Waals surface area (Å²) in [6.45, 7) is 3.25. The Kier molecular flexibility index (Phi) is 4.40. The van der Waals surface area contributed by atoms with Crippen LogP contribution in [0.5, 0.6) is 0 Å². The second kappa shape index (κ2) is 5.85. The Bertz CT molecular complexity index is 416. The fraction of sp³-hybridized carbons (Fsp3) is 0.500. The molecule has 0 bridgehead atoms. The van der Waals surface area contributed by atoms with Gasteiger partial charge in [-0.05, 0) is 44.0 Å². The fourth-order valence-electron chi connectivity index (χ4n) is 2.36. The smallest absolute Gasteiger partial charge is 0.253 e. The van der Waals surface area contributed by atoms with Gasteiger partial charge in [0.25, 0.3) is 5.91 Å². The zero-order valence-electron chi connectivity index (χ0n) is 10.5. The first-order valence-corrected chi connectivity index (χ1v) is 7.10. The van der Waals surface area contributed by atoms with Gasteiger partial charge in [-0.1, -0.05) is 15.9 Å². The quantitative estimate of drug-likeness (QED) is 0.912. The Morgan fingerprint density at radius 3 is 2.72 bits per heavy atom. The lowest BCUT2D eigenvalue weighted by atomic mass is 9.93. The molecular formula is C14H18BrNO2. The highest BCUT2D eigenvalue weighted by Gasteiger charge is 2.26. The molecule has 4 heteroatoms. The molecule has 2 unspecified atom stereocenters. The zero-order chi connectivity index (χ0) is 13.1. The number of carbonyl (C=O) groups is 1. The Balaban J connectivity index is 2.06. The van der Waals surface area contributed by atoms with Crippen molar-refractivity contribution >= 4 is 21.8 Å². The van der Waals surface area contributed by atoms with Crippen molar-refractivity contribution in [3.63, 3.8) is 0 Å². The summed E-state index contributed by atoms with van der Waals surface area (Å²) >= 11 is 3.36. The van der Waals surface area contributed by atoms with Gasteiger partial charge in [-0.25, -0.2) is 0 Å². The van der Waals surface area contributed by atoms with Crippen LogP contribution >= 0.6 is 15.9 Å². The maximum Gasteiger partial charge on any atom is 0.253 e. The summed E-state index contributed by atoms with van der Waals surface area (Å²) < 4.78 is 0.972. The SMILES string of the molecule is CC(O)C1CCCN(C(=O)c2ccc(Br)cc2)C1. The third kappa shape index (κ3) is 3.12. The second-order valence-corrected chi connectivity index (χ2v) is 5.82. The van der Waals surface area contributed by atoms with Crippen LogP contribution in [0, 0.1) is 5.92 Å². The molecule has 1 aliphatic rings. The molecule has 1 aliphatic heterocycles. The van der Waals surface area contributed by atoms with E-state index in [-0.39, 0.29) is 17.9 Å². The van der Waals surface area contributed by atoms with Gasteiger partial charge in [0, 0.05) is 29.0 Å². The molecule has 1 saturated heterocycles. The van der Waals surface area contributed by atoms with Crippen molar-refractivity contribution in [3.8, 4) is 0 Å². The normalized spacial score (nSPS) is 21.7. The summed E-state index contributed by atoms with van der Waals surface area (Å²) in [4.78, 5) is 14.2. The molecule has 1 heterocycles. The summed E-state index contributed by atoms with van der Waals surface area (Å²) in [6.07, 6.45) is 1.63. The number of hydrogen-bond donors (Lipinski definition) is 1. The van der Waals surface area contributed by atoms with Crippen LogP contribution < -0.4 is 0 Å². The minimum Gasteiger partial charge on any atom is -0.393 e. The molecule has 1 N–H and O–H groups in total. The fourth-order valence-corrected chi connectivity index (χ4v) is 2.63. The Hall–Kier alpha value is -0.870. The molecule has 1 fully saturated rings. The monoisotopic (exact) mass is 311 g/mol. The highest BCUT2D eigenvalue weighted by atomic mass is 79.9. The van der Waals surface area contributed by atoms with Gasteiger partial charge in [0.1, 0.15) is 0 Å². The summed E-state index contributed by atoms with van der Waals surface area (Å²) in [5.41, 5.74) is 0.712. The number of aliphatic hydroxyl groups excluding tert-OH is 1. The molecule has 1 amide bonds. The van der Waals surface area contributed by atoms with E-state index in [0.717, 1.165) is 23.9 Å². The predicted molar refractivity (Wildman–Crippen MR) is 74.5 cm³/mol. The molecule has 2 rings (SSSR count). The maximum atomic E-state index is 12.3. The van der Waals surface area contributed by atoms with Gasteiger partial charge in [-0.2, -0.15) is 0 Å². The standard InChI is InChI=1S/C14H18BrNO2/c1-10(17)12-3-2-8-16(9-12)14(18)11-4-6-13(15)7-5-11/h4-7,10,12,17H,2-3,8-9H2,1H3. The third-order valence-electron chi connectivity index (χ3n) is 3.52. The van der Waals surface area contributed by atoms with Crippen LogP contribution in [-0.2, 0) is 0 Å². The van der Waals surface area contributed by atoms with Crippen molar-refractivity contribution in [2.24, 2.45) is 5.92 Å². The van der Waals surface area contributed by atoms with Crippen molar-refractivity contribution in [1.82, 2.24) is 4.90 Å². The van der Waals surface area contributed by atoms with Crippen molar-refractivity contribution in [2.75, 3.05) is 13.1 Å². The largest absolute Gasteiger partial charge is 0.393 e. The number of benzene rings is 1. The number of halogens is 1. The number of piperidine rings is 1. The second-order valence-electron chi connectivity index (χ2n) is 4.90. The molecule has 0 spiro atoms. The molecule has 0 saturated carbocycles. The minimum atomic E-state index is -0.342. The predicted octanol–water partition coefficient (Wildman–Crippen LogP) is 2.68. The van der Waals surface area contributed by atoms with Gasteiger partial charge in [-0.15, -0.1) is 0 Å². The molecule has 0 aromatic heterocycles. The van der Waals surface area contributed by atoms with E-state index in [2.05, 4.69) is 15.9 Å². The van der Waals surface area contributed by atoms with E-state index in [1.165, 1.54) is 0 Å². The van der Waals surface area contributed by atoms with Gasteiger partial charge in [0.2, 0.25) is 0 Å². The first-order valence-electron chi connectivity index (χ1n) is 6.31. The molecule has 98 valence electrons. The van der Waals surface area contributed by atoms with E-state index >= 15 is 0 Å². The summed E-state index contributed by atoms with van der Waals surface area (Å²) in [5.74, 6) is 0.269. The van der Waals surface area contributed by atoms with Crippen molar-refractivity contribution in [3.05, 3.63) is 34.3 Å². The van der Waals surface area contributed by atoms with E-state index in [0.29, 0.717) is 12.1 Å².